The third-order valence-electron chi connectivity index (χ3n) is 12.8. The Morgan fingerprint density at radius 1 is 1.00 bits per heavy atom. The summed E-state index contributed by atoms with van der Waals surface area (Å²) in [6.45, 7) is 15.2. The average molecular weight is 457 g/mol. The van der Waals surface area contributed by atoms with E-state index in [-0.39, 0.29) is 5.97 Å². The van der Waals surface area contributed by atoms with E-state index in [1.165, 1.54) is 70.6 Å². The largest absolute Gasteiger partial charge is 0.466 e. The molecular formula is C31H52O2. The molecular weight excluding hydrogens is 404 g/mol. The lowest BCUT2D eigenvalue weighted by Crippen LogP contribution is -2.53. The molecule has 1 spiro atoms. The summed E-state index contributed by atoms with van der Waals surface area (Å²) in [5, 5.41) is 0. The molecule has 0 aliphatic heterocycles. The Hall–Kier alpha value is -0.530. The van der Waals surface area contributed by atoms with E-state index in [1.54, 1.807) is 0 Å². The molecule has 0 aromatic heterocycles. The molecule has 188 valence electrons. The van der Waals surface area contributed by atoms with E-state index in [0.717, 1.165) is 41.4 Å². The van der Waals surface area contributed by atoms with Crippen molar-refractivity contribution >= 4 is 5.97 Å². The van der Waals surface area contributed by atoms with Gasteiger partial charge in [0.25, 0.3) is 0 Å². The van der Waals surface area contributed by atoms with E-state index in [4.69, 9.17) is 4.74 Å². The van der Waals surface area contributed by atoms with Gasteiger partial charge in [-0.25, -0.2) is 0 Å². The fraction of sp³-hybridized carbons (Fsp3) is 0.968. The molecule has 0 heterocycles. The van der Waals surface area contributed by atoms with Crippen LogP contribution >= 0.6 is 0 Å². The molecule has 2 nitrogen and oxygen atoms in total. The highest BCUT2D eigenvalue weighted by Crippen LogP contribution is 2.82. The average Bonchev–Trinajstić information content (AvgIpc) is 3.30. The lowest BCUT2D eigenvalue weighted by Gasteiger charge is -2.58. The number of carbonyl (C=O) groups excluding carboxylic acids is 1. The van der Waals surface area contributed by atoms with Crippen LogP contribution in [0.25, 0.3) is 0 Å². The summed E-state index contributed by atoms with van der Waals surface area (Å²) in [5.74, 6) is 7.01. The van der Waals surface area contributed by atoms with Gasteiger partial charge in [-0.2, -0.15) is 0 Å². The van der Waals surface area contributed by atoms with Crippen molar-refractivity contribution in [3.8, 4) is 0 Å². The van der Waals surface area contributed by atoms with Crippen LogP contribution < -0.4 is 0 Å². The molecule has 5 rings (SSSR count). The number of hydrogen-bond acceptors (Lipinski definition) is 2. The zero-order chi connectivity index (χ0) is 23.6. The Bertz CT molecular complexity index is 743. The van der Waals surface area contributed by atoms with Crippen LogP contribution in [-0.2, 0) is 9.53 Å². The maximum atomic E-state index is 12.5. The quantitative estimate of drug-likeness (QED) is 0.343. The lowest BCUT2D eigenvalue weighted by molar-refractivity contribution is -0.155. The van der Waals surface area contributed by atoms with Gasteiger partial charge in [-0.15, -0.1) is 0 Å². The molecule has 0 aromatic rings. The van der Waals surface area contributed by atoms with Crippen LogP contribution in [0.4, 0.5) is 0 Å². The Balaban J connectivity index is 1.34. The minimum atomic E-state index is 0.0699. The van der Waals surface area contributed by atoms with E-state index < -0.39 is 0 Å². The second kappa shape index (κ2) is 8.55. The standard InChI is InChI=1S/C31H52O2/c1-7-33-28(32)18-23-17-22-13-16-30(6)27-14-15-29(5)25(21(4)10-8-9-20(2)3)11-12-26(29)24(27)19-31(22,23)30/h20-27H,7-19H2,1-6H3/t21-,22-,23+,24+,25-,26+,27+,29-,30-,31-/m1/s1. The highest BCUT2D eigenvalue weighted by Gasteiger charge is 2.76. The monoisotopic (exact) mass is 456 g/mol. The van der Waals surface area contributed by atoms with Gasteiger partial charge < -0.3 is 4.74 Å². The van der Waals surface area contributed by atoms with Crippen molar-refractivity contribution in [2.75, 3.05) is 6.61 Å². The SMILES string of the molecule is CCOC(=O)C[C@@H]1C[C@H]2CC[C@]3(C)[C@H]4CC[C@]5(C)[C@@H]([C@H](C)CCCC(C)C)CC[C@H]5[C@@H]4C[C@@]213. The molecule has 10 atom stereocenters. The third-order valence-corrected chi connectivity index (χ3v) is 12.8. The molecule has 0 bridgehead atoms. The van der Waals surface area contributed by atoms with Gasteiger partial charge in [0.15, 0.2) is 0 Å². The highest BCUT2D eigenvalue weighted by atomic mass is 16.5. The molecule has 5 fully saturated rings. The Kier molecular flexibility index (Phi) is 6.26. The molecule has 2 heteroatoms. The molecule has 5 aliphatic carbocycles. The summed E-state index contributed by atoms with van der Waals surface area (Å²) in [5.41, 5.74) is 1.52. The maximum Gasteiger partial charge on any atom is 0.306 e. The van der Waals surface area contributed by atoms with Crippen LogP contribution in [0.2, 0.25) is 0 Å². The first kappa shape index (κ1) is 24.2. The molecule has 0 radical (unpaired) electrons. The van der Waals surface area contributed by atoms with Crippen molar-refractivity contribution in [3.05, 3.63) is 0 Å². The van der Waals surface area contributed by atoms with Gasteiger partial charge in [0.2, 0.25) is 0 Å². The fourth-order valence-electron chi connectivity index (χ4n) is 11.5. The molecule has 0 unspecified atom stereocenters. The minimum Gasteiger partial charge on any atom is -0.466 e. The zero-order valence-electron chi connectivity index (χ0n) is 22.6. The van der Waals surface area contributed by atoms with Gasteiger partial charge >= 0.3 is 5.97 Å². The second-order valence-electron chi connectivity index (χ2n) is 14.2. The van der Waals surface area contributed by atoms with Crippen molar-refractivity contribution in [2.45, 2.75) is 119 Å². The summed E-state index contributed by atoms with van der Waals surface area (Å²) in [7, 11) is 0. The Labute approximate surface area is 204 Å². The van der Waals surface area contributed by atoms with E-state index in [1.807, 2.05) is 6.92 Å². The molecule has 0 N–H and O–H groups in total. The first-order valence-electron chi connectivity index (χ1n) is 14.8. The number of rotatable bonds is 8. The van der Waals surface area contributed by atoms with Gasteiger partial charge in [0.1, 0.15) is 0 Å². The van der Waals surface area contributed by atoms with E-state index >= 15 is 0 Å². The molecule has 5 aliphatic rings. The maximum absolute atomic E-state index is 12.5. The van der Waals surface area contributed by atoms with Gasteiger partial charge in [-0.3, -0.25) is 4.79 Å². The zero-order valence-corrected chi connectivity index (χ0v) is 22.6. The van der Waals surface area contributed by atoms with Crippen LogP contribution in [0.15, 0.2) is 0 Å². The van der Waals surface area contributed by atoms with E-state index in [0.29, 0.717) is 35.2 Å². The summed E-state index contributed by atoms with van der Waals surface area (Å²) >= 11 is 0. The van der Waals surface area contributed by atoms with Crippen molar-refractivity contribution < 1.29 is 9.53 Å². The molecule has 0 aromatic carbocycles. The van der Waals surface area contributed by atoms with Crippen LogP contribution in [-0.4, -0.2) is 12.6 Å². The molecule has 5 saturated carbocycles. The van der Waals surface area contributed by atoms with Crippen molar-refractivity contribution in [2.24, 2.45) is 63.6 Å². The highest BCUT2D eigenvalue weighted by molar-refractivity contribution is 5.70. The molecule has 0 saturated heterocycles. The summed E-state index contributed by atoms with van der Waals surface area (Å²) in [6, 6.07) is 0. The van der Waals surface area contributed by atoms with Gasteiger partial charge in [-0.05, 0) is 122 Å². The fourth-order valence-corrected chi connectivity index (χ4v) is 11.5. The second-order valence-corrected chi connectivity index (χ2v) is 14.2. The minimum absolute atomic E-state index is 0.0699. The van der Waals surface area contributed by atoms with Gasteiger partial charge in [0, 0.05) is 6.42 Å². The number of esters is 1. The van der Waals surface area contributed by atoms with Gasteiger partial charge in [0.05, 0.1) is 6.61 Å². The summed E-state index contributed by atoms with van der Waals surface area (Å²) in [4.78, 5) is 12.5. The lowest BCUT2D eigenvalue weighted by atomic mass is 9.46. The summed E-state index contributed by atoms with van der Waals surface area (Å²) < 4.78 is 5.43. The summed E-state index contributed by atoms with van der Waals surface area (Å²) in [6.07, 6.45) is 16.4. The van der Waals surface area contributed by atoms with Crippen LogP contribution in [0.5, 0.6) is 0 Å². The molecule has 0 amide bonds. The molecule has 33 heavy (non-hydrogen) atoms. The number of fused-ring (bicyclic) bond motifs is 4. The van der Waals surface area contributed by atoms with Crippen molar-refractivity contribution in [3.63, 3.8) is 0 Å². The van der Waals surface area contributed by atoms with Gasteiger partial charge in [-0.1, -0.05) is 53.9 Å². The van der Waals surface area contributed by atoms with Crippen LogP contribution in [0.1, 0.15) is 119 Å². The van der Waals surface area contributed by atoms with E-state index in [2.05, 4.69) is 34.6 Å². The van der Waals surface area contributed by atoms with Crippen LogP contribution in [0.3, 0.4) is 0 Å². The Morgan fingerprint density at radius 2 is 1.79 bits per heavy atom. The smallest absolute Gasteiger partial charge is 0.306 e. The normalized spacial score (nSPS) is 48.6. The topological polar surface area (TPSA) is 26.3 Å². The van der Waals surface area contributed by atoms with E-state index in [9.17, 15) is 4.79 Å². The Morgan fingerprint density at radius 3 is 2.52 bits per heavy atom. The first-order valence-corrected chi connectivity index (χ1v) is 14.8. The number of hydrogen-bond donors (Lipinski definition) is 0. The number of carbonyl (C=O) groups is 1. The van der Waals surface area contributed by atoms with Crippen LogP contribution in [0, 0.1) is 63.6 Å². The first-order chi connectivity index (χ1) is 15.7. The third kappa shape index (κ3) is 3.41. The predicted molar refractivity (Wildman–Crippen MR) is 136 cm³/mol. The van der Waals surface area contributed by atoms with Crippen molar-refractivity contribution in [1.29, 1.82) is 0 Å². The number of ether oxygens (including phenoxy) is 1. The van der Waals surface area contributed by atoms with Crippen molar-refractivity contribution in [1.82, 2.24) is 0 Å². The predicted octanol–water partition coefficient (Wildman–Crippen LogP) is 8.29.